The minimum absolute atomic E-state index is 0.0423. The molecule has 102 valence electrons. The van der Waals surface area contributed by atoms with E-state index in [4.69, 9.17) is 5.73 Å². The number of aryl methyl sites for hydroxylation is 1. The van der Waals surface area contributed by atoms with Gasteiger partial charge >= 0.3 is 0 Å². The van der Waals surface area contributed by atoms with Gasteiger partial charge in [-0.2, -0.15) is 5.10 Å². The van der Waals surface area contributed by atoms with Gasteiger partial charge in [0.25, 0.3) is 5.84 Å². The summed E-state index contributed by atoms with van der Waals surface area (Å²) in [6.45, 7) is 11.1. The van der Waals surface area contributed by atoms with Gasteiger partial charge in [-0.25, -0.2) is 5.43 Å². The zero-order valence-corrected chi connectivity index (χ0v) is 12.0. The Morgan fingerprint density at radius 3 is 2.32 bits per heavy atom. The Morgan fingerprint density at radius 1 is 1.32 bits per heavy atom. The Balaban J connectivity index is 2.79. The van der Waals surface area contributed by atoms with E-state index in [1.54, 1.807) is 6.92 Å². The summed E-state index contributed by atoms with van der Waals surface area (Å²) in [5, 5.41) is 2.87. The van der Waals surface area contributed by atoms with E-state index in [2.05, 4.69) is 17.1 Å². The van der Waals surface area contributed by atoms with E-state index < -0.39 is 5.41 Å². The molecule has 0 heterocycles. The van der Waals surface area contributed by atoms with Gasteiger partial charge in [-0.15, -0.1) is 0 Å². The third-order valence-corrected chi connectivity index (χ3v) is 3.35. The number of nitrogen functional groups attached to an aromatic ring is 1. The molecule has 0 unspecified atom stereocenters. The quantitative estimate of drug-likeness (QED) is 0.408. The number of nitrogens with two attached hydrogens (primary N) is 1. The maximum Gasteiger partial charge on any atom is 0.296 e. The number of Topliss-reactive ketones (excluding diaryl/α,β-unsaturated/α-hetero) is 1. The van der Waals surface area contributed by atoms with Crippen LogP contribution in [0, 0.1) is 12.3 Å². The summed E-state index contributed by atoms with van der Waals surface area (Å²) in [5.74, 6) is 0.529. The molecule has 0 saturated heterocycles. The lowest BCUT2D eigenvalue weighted by atomic mass is 9.86. The molecule has 0 aliphatic rings. The first-order valence-corrected chi connectivity index (χ1v) is 6.17. The molecule has 0 saturated carbocycles. The fourth-order valence-corrected chi connectivity index (χ4v) is 1.32. The average molecular weight is 260 g/mol. The second kappa shape index (κ2) is 5.69. The van der Waals surface area contributed by atoms with Crippen molar-refractivity contribution in [2.24, 2.45) is 11.1 Å². The van der Waals surface area contributed by atoms with Crippen LogP contribution < -0.4 is 16.3 Å². The van der Waals surface area contributed by atoms with Crippen molar-refractivity contribution in [1.82, 2.24) is 5.43 Å². The van der Waals surface area contributed by atoms with Crippen LogP contribution in [0.25, 0.3) is 0 Å². The van der Waals surface area contributed by atoms with Gasteiger partial charge in [-0.05, 0) is 39.8 Å². The molecule has 0 fully saturated rings. The van der Waals surface area contributed by atoms with Crippen LogP contribution in [-0.2, 0) is 4.79 Å². The largest absolute Gasteiger partial charge is 0.299 e. The summed E-state index contributed by atoms with van der Waals surface area (Å²) in [6, 6.07) is 7.83. The van der Waals surface area contributed by atoms with Gasteiger partial charge in [-0.3, -0.25) is 10.5 Å². The monoisotopic (exact) mass is 260 g/mol. The molecule has 4 heteroatoms. The molecule has 0 radical (unpaired) electrons. The number of hydrogen-bond donors (Lipinski definition) is 3. The second-order valence-corrected chi connectivity index (χ2v) is 5.19. The number of benzene rings is 1. The molecule has 0 atom stereocenters. The van der Waals surface area contributed by atoms with Crippen LogP contribution in [0.4, 0.5) is 0 Å². The van der Waals surface area contributed by atoms with Crippen LogP contribution in [0.1, 0.15) is 31.9 Å². The maximum atomic E-state index is 11.5. The van der Waals surface area contributed by atoms with Crippen LogP contribution in [0.5, 0.6) is 0 Å². The van der Waals surface area contributed by atoms with E-state index in [1.807, 2.05) is 45.0 Å². The van der Waals surface area contributed by atoms with Gasteiger partial charge in [-0.1, -0.05) is 24.3 Å². The summed E-state index contributed by atoms with van der Waals surface area (Å²) in [7, 11) is 0. The van der Waals surface area contributed by atoms with E-state index in [-0.39, 0.29) is 5.78 Å². The van der Waals surface area contributed by atoms with Gasteiger partial charge in [0.1, 0.15) is 5.78 Å². The van der Waals surface area contributed by atoms with Crippen molar-refractivity contribution >= 4 is 11.6 Å². The second-order valence-electron chi connectivity index (χ2n) is 5.19. The number of nitrogens with one attached hydrogen (secondary N) is 2. The molecule has 1 rings (SSSR count). The minimum atomic E-state index is -0.638. The predicted octanol–water partition coefficient (Wildman–Crippen LogP) is 0.414. The standard InChI is InChI=1S/C15H21N3O/c1-10-6-8-13(9-7-10)14(16)18-17-11(2)15(4,5)12(3)19/h6-9,17H,2H2,1,3-5H3,(H2,16,18)/p+1. The van der Waals surface area contributed by atoms with E-state index in [0.717, 1.165) is 5.56 Å². The Morgan fingerprint density at radius 2 is 1.84 bits per heavy atom. The lowest BCUT2D eigenvalue weighted by Crippen LogP contribution is -2.85. The molecule has 1 aromatic rings. The fourth-order valence-electron chi connectivity index (χ4n) is 1.32. The first-order chi connectivity index (χ1) is 8.75. The lowest BCUT2D eigenvalue weighted by Gasteiger charge is -2.22. The predicted molar refractivity (Wildman–Crippen MR) is 77.2 cm³/mol. The van der Waals surface area contributed by atoms with Gasteiger partial charge in [0.2, 0.25) is 0 Å². The van der Waals surface area contributed by atoms with E-state index >= 15 is 0 Å². The molecule has 4 nitrogen and oxygen atoms in total. The summed E-state index contributed by atoms with van der Waals surface area (Å²) < 4.78 is 0. The number of allylic oxidation sites excluding steroid dienone is 1. The van der Waals surface area contributed by atoms with Crippen molar-refractivity contribution < 1.29 is 9.90 Å². The average Bonchev–Trinajstić information content (AvgIpc) is 2.36. The number of hydrogen-bond acceptors (Lipinski definition) is 2. The Hall–Kier alpha value is -2.10. The number of ketones is 1. The summed E-state index contributed by atoms with van der Waals surface area (Å²) in [5.41, 5.74) is 10.8. The molecule has 1 aromatic carbocycles. The van der Waals surface area contributed by atoms with Gasteiger partial charge in [0.15, 0.2) is 0 Å². The van der Waals surface area contributed by atoms with Crippen LogP contribution in [0.2, 0.25) is 0 Å². The van der Waals surface area contributed by atoms with Crippen molar-refractivity contribution in [3.63, 3.8) is 0 Å². The topological polar surface area (TPSA) is 69.1 Å². The molecular formula is C15H22N3O+. The van der Waals surface area contributed by atoms with E-state index in [0.29, 0.717) is 11.5 Å². The highest BCUT2D eigenvalue weighted by Crippen LogP contribution is 2.22. The van der Waals surface area contributed by atoms with Crippen molar-refractivity contribution in [3.05, 3.63) is 47.7 Å². The van der Waals surface area contributed by atoms with E-state index in [1.165, 1.54) is 5.56 Å². The van der Waals surface area contributed by atoms with Crippen LogP contribution >= 0.6 is 0 Å². The Kier molecular flexibility index (Phi) is 4.48. The van der Waals surface area contributed by atoms with Gasteiger partial charge in [0, 0.05) is 0 Å². The van der Waals surface area contributed by atoms with Crippen molar-refractivity contribution in [3.8, 4) is 0 Å². The van der Waals surface area contributed by atoms with Crippen LogP contribution in [0.15, 0.2) is 36.5 Å². The first-order valence-electron chi connectivity index (χ1n) is 6.17. The molecule has 19 heavy (non-hydrogen) atoms. The maximum absolute atomic E-state index is 11.5. The van der Waals surface area contributed by atoms with Crippen LogP contribution in [-0.4, -0.2) is 11.6 Å². The van der Waals surface area contributed by atoms with Crippen molar-refractivity contribution in [1.29, 1.82) is 0 Å². The summed E-state index contributed by atoms with van der Waals surface area (Å²) in [6.07, 6.45) is 0. The number of hydrazine groups is 1. The van der Waals surface area contributed by atoms with E-state index in [9.17, 15) is 4.79 Å². The molecule has 0 aliphatic carbocycles. The minimum Gasteiger partial charge on any atom is -0.299 e. The summed E-state index contributed by atoms with van der Waals surface area (Å²) in [4.78, 5) is 11.5. The number of amidine groups is 1. The zero-order valence-electron chi connectivity index (χ0n) is 12.0. The highest BCUT2D eigenvalue weighted by Gasteiger charge is 2.27. The number of hydrazone groups is 1. The lowest BCUT2D eigenvalue weighted by molar-refractivity contribution is -0.519. The fraction of sp³-hybridized carbons (Fsp3) is 0.333. The normalized spacial score (nSPS) is 12.1. The van der Waals surface area contributed by atoms with Crippen molar-refractivity contribution in [2.75, 3.05) is 0 Å². The summed E-state index contributed by atoms with van der Waals surface area (Å²) >= 11 is 0. The Labute approximate surface area is 114 Å². The zero-order chi connectivity index (χ0) is 14.6. The van der Waals surface area contributed by atoms with Gasteiger partial charge < -0.3 is 0 Å². The number of carbonyl (C=O) groups excluding carboxylic acids is 1. The Bertz CT molecular complexity index is 513. The van der Waals surface area contributed by atoms with Gasteiger partial charge in [0.05, 0.1) is 16.7 Å². The molecule has 0 amide bonds. The number of carbonyl (C=O) groups is 1. The highest BCUT2D eigenvalue weighted by molar-refractivity contribution is 5.92. The molecule has 0 bridgehead atoms. The smallest absolute Gasteiger partial charge is 0.296 e. The first kappa shape index (κ1) is 15.0. The molecule has 0 aromatic heterocycles. The third kappa shape index (κ3) is 3.68. The number of rotatable bonds is 5. The SMILES string of the molecule is C=C(N[NH+]=C(N)c1ccc(C)cc1)C(C)(C)C(C)=O. The molecule has 0 aliphatic heterocycles. The van der Waals surface area contributed by atoms with Crippen LogP contribution in [0.3, 0.4) is 0 Å². The molecule has 4 N–H and O–H groups in total. The highest BCUT2D eigenvalue weighted by atomic mass is 16.1. The van der Waals surface area contributed by atoms with Crippen molar-refractivity contribution in [2.45, 2.75) is 27.7 Å². The molecule has 0 spiro atoms. The third-order valence-electron chi connectivity index (χ3n) is 3.35. The molecular weight excluding hydrogens is 238 g/mol.